The zero-order valence-electron chi connectivity index (χ0n) is 13.5. The van der Waals surface area contributed by atoms with Gasteiger partial charge in [-0.15, -0.1) is 0 Å². The molecule has 1 atom stereocenters. The molecule has 2 N–H and O–H groups in total. The van der Waals surface area contributed by atoms with E-state index in [0.717, 1.165) is 19.6 Å². The van der Waals surface area contributed by atoms with Gasteiger partial charge in [0.25, 0.3) is 5.91 Å². The summed E-state index contributed by atoms with van der Waals surface area (Å²) in [5.41, 5.74) is 0.335. The molecule has 1 aliphatic rings. The van der Waals surface area contributed by atoms with Gasteiger partial charge in [0.1, 0.15) is 5.82 Å². The van der Waals surface area contributed by atoms with Crippen molar-refractivity contribution in [3.05, 3.63) is 35.6 Å². The molecule has 2 amide bonds. The predicted molar refractivity (Wildman–Crippen MR) is 86.6 cm³/mol. The highest BCUT2D eigenvalue weighted by atomic mass is 19.1. The second kappa shape index (κ2) is 8.62. The van der Waals surface area contributed by atoms with Gasteiger partial charge in [-0.25, -0.2) is 4.39 Å². The molecule has 0 spiro atoms. The molecule has 1 fully saturated rings. The monoisotopic (exact) mass is 321 g/mol. The summed E-state index contributed by atoms with van der Waals surface area (Å²) in [6.45, 7) is 5.91. The molecule has 1 aromatic carbocycles. The normalized spacial score (nSPS) is 16.1. The minimum atomic E-state index is -0.397. The van der Waals surface area contributed by atoms with Crippen LogP contribution in [0.25, 0.3) is 0 Å². The molecule has 1 saturated heterocycles. The van der Waals surface area contributed by atoms with Crippen LogP contribution >= 0.6 is 0 Å². The lowest BCUT2D eigenvalue weighted by molar-refractivity contribution is -0.120. The average molecular weight is 321 g/mol. The molecular weight excluding hydrogens is 297 g/mol. The number of nitrogens with one attached hydrogen (secondary N) is 2. The Morgan fingerprint density at radius 2 is 1.83 bits per heavy atom. The first kappa shape index (κ1) is 17.4. The molecule has 1 unspecified atom stereocenters. The molecule has 5 nitrogen and oxygen atoms in total. The van der Waals surface area contributed by atoms with E-state index < -0.39 is 5.82 Å². The third-order valence-corrected chi connectivity index (χ3v) is 3.93. The van der Waals surface area contributed by atoms with Crippen molar-refractivity contribution in [2.75, 3.05) is 32.7 Å². The second-order valence-electron chi connectivity index (χ2n) is 6.11. The summed E-state index contributed by atoms with van der Waals surface area (Å²) in [5, 5.41) is 5.36. The molecule has 0 aromatic heterocycles. The molecule has 0 radical (unpaired) electrons. The Kier molecular flexibility index (Phi) is 6.52. The zero-order chi connectivity index (χ0) is 16.7. The van der Waals surface area contributed by atoms with Gasteiger partial charge < -0.3 is 15.5 Å². The number of likely N-dealkylation sites (tertiary alicyclic amines) is 1. The van der Waals surface area contributed by atoms with Gasteiger partial charge in [0.15, 0.2) is 0 Å². The number of carbonyl (C=O) groups excluding carboxylic acids is 2. The van der Waals surface area contributed by atoms with Crippen LogP contribution in [0.3, 0.4) is 0 Å². The van der Waals surface area contributed by atoms with Crippen LogP contribution in [0.4, 0.5) is 4.39 Å². The van der Waals surface area contributed by atoms with Gasteiger partial charge >= 0.3 is 0 Å². The molecule has 23 heavy (non-hydrogen) atoms. The Morgan fingerprint density at radius 1 is 1.17 bits per heavy atom. The van der Waals surface area contributed by atoms with E-state index in [1.54, 1.807) is 0 Å². The van der Waals surface area contributed by atoms with E-state index in [4.69, 9.17) is 0 Å². The van der Waals surface area contributed by atoms with Gasteiger partial charge in [0, 0.05) is 18.7 Å². The lowest BCUT2D eigenvalue weighted by atomic mass is 10.1. The highest BCUT2D eigenvalue weighted by Gasteiger charge is 2.15. The molecule has 6 heteroatoms. The van der Waals surface area contributed by atoms with Crippen molar-refractivity contribution < 1.29 is 14.0 Å². The van der Waals surface area contributed by atoms with E-state index in [1.165, 1.54) is 37.1 Å². The third kappa shape index (κ3) is 5.98. The number of hydrogen-bond acceptors (Lipinski definition) is 3. The first-order chi connectivity index (χ1) is 11.0. The zero-order valence-corrected chi connectivity index (χ0v) is 13.5. The fraction of sp³-hybridized carbons (Fsp3) is 0.529. The fourth-order valence-corrected chi connectivity index (χ4v) is 2.68. The Labute approximate surface area is 136 Å². The van der Waals surface area contributed by atoms with Crippen LogP contribution in [0.2, 0.25) is 0 Å². The quantitative estimate of drug-likeness (QED) is 0.798. The molecule has 0 aliphatic carbocycles. The Hall–Kier alpha value is -1.95. The van der Waals surface area contributed by atoms with Crippen molar-refractivity contribution in [3.8, 4) is 0 Å². The first-order valence-corrected chi connectivity index (χ1v) is 8.07. The number of nitrogens with zero attached hydrogens (tertiary/aromatic N) is 1. The highest BCUT2D eigenvalue weighted by Crippen LogP contribution is 2.09. The van der Waals surface area contributed by atoms with Crippen LogP contribution in [-0.4, -0.2) is 49.4 Å². The van der Waals surface area contributed by atoms with Crippen molar-refractivity contribution in [2.24, 2.45) is 5.92 Å². The van der Waals surface area contributed by atoms with Crippen LogP contribution in [0.15, 0.2) is 24.3 Å². The molecule has 0 saturated carbocycles. The van der Waals surface area contributed by atoms with Crippen LogP contribution in [-0.2, 0) is 4.79 Å². The van der Waals surface area contributed by atoms with Gasteiger partial charge in [-0.1, -0.05) is 6.92 Å². The van der Waals surface area contributed by atoms with Gasteiger partial charge in [0.2, 0.25) is 5.91 Å². The molecule has 126 valence electrons. The Balaban J connectivity index is 1.64. The van der Waals surface area contributed by atoms with Crippen molar-refractivity contribution in [3.63, 3.8) is 0 Å². The topological polar surface area (TPSA) is 61.4 Å². The minimum Gasteiger partial charge on any atom is -0.354 e. The van der Waals surface area contributed by atoms with E-state index in [9.17, 15) is 14.0 Å². The lowest BCUT2D eigenvalue weighted by Gasteiger charge is -2.20. The molecule has 2 rings (SSSR count). The largest absolute Gasteiger partial charge is 0.354 e. The minimum absolute atomic E-state index is 0.0767. The summed E-state index contributed by atoms with van der Waals surface area (Å²) in [6, 6.07) is 5.21. The maximum atomic E-state index is 12.8. The summed E-state index contributed by atoms with van der Waals surface area (Å²) >= 11 is 0. The number of halogens is 1. The molecule has 1 aromatic rings. The molecule has 1 heterocycles. The van der Waals surface area contributed by atoms with Crippen LogP contribution < -0.4 is 10.6 Å². The van der Waals surface area contributed by atoms with Crippen molar-refractivity contribution in [2.45, 2.75) is 19.8 Å². The van der Waals surface area contributed by atoms with E-state index in [1.807, 2.05) is 0 Å². The summed E-state index contributed by atoms with van der Waals surface area (Å²) in [6.07, 6.45) is 2.52. The van der Waals surface area contributed by atoms with E-state index in [0.29, 0.717) is 18.0 Å². The SMILES string of the molecule is CC(CNC(=O)CNC(=O)c1ccc(F)cc1)CN1CCCC1. The van der Waals surface area contributed by atoms with Gasteiger partial charge in [-0.05, 0) is 56.1 Å². The molecular formula is C17H24FN3O2. The predicted octanol–water partition coefficient (Wildman–Crippen LogP) is 1.40. The van der Waals surface area contributed by atoms with Gasteiger partial charge in [-0.3, -0.25) is 9.59 Å². The van der Waals surface area contributed by atoms with E-state index in [2.05, 4.69) is 22.5 Å². The number of benzene rings is 1. The smallest absolute Gasteiger partial charge is 0.251 e. The van der Waals surface area contributed by atoms with Crippen LogP contribution in [0.1, 0.15) is 30.1 Å². The van der Waals surface area contributed by atoms with Crippen molar-refractivity contribution >= 4 is 11.8 Å². The Bertz CT molecular complexity index is 527. The van der Waals surface area contributed by atoms with E-state index >= 15 is 0 Å². The van der Waals surface area contributed by atoms with Gasteiger partial charge in [0.05, 0.1) is 6.54 Å². The average Bonchev–Trinajstić information content (AvgIpc) is 3.04. The summed E-state index contributed by atoms with van der Waals surface area (Å²) < 4.78 is 12.8. The van der Waals surface area contributed by atoms with E-state index in [-0.39, 0.29) is 18.4 Å². The first-order valence-electron chi connectivity index (χ1n) is 8.07. The third-order valence-electron chi connectivity index (χ3n) is 3.93. The molecule has 1 aliphatic heterocycles. The highest BCUT2D eigenvalue weighted by molar-refractivity contribution is 5.96. The lowest BCUT2D eigenvalue weighted by Crippen LogP contribution is -2.40. The summed E-state index contributed by atoms with van der Waals surface area (Å²) in [7, 11) is 0. The standard InChI is InChI=1S/C17H24FN3O2/c1-13(12-21-8-2-3-9-21)10-19-16(22)11-20-17(23)14-4-6-15(18)7-5-14/h4-7,13H,2-3,8-12H2,1H3,(H,19,22)(H,20,23). The second-order valence-corrected chi connectivity index (χ2v) is 6.11. The number of carbonyl (C=O) groups is 2. The van der Waals surface area contributed by atoms with Crippen molar-refractivity contribution in [1.29, 1.82) is 0 Å². The number of hydrogen-bond donors (Lipinski definition) is 2. The number of rotatable bonds is 7. The van der Waals surface area contributed by atoms with Crippen molar-refractivity contribution in [1.82, 2.24) is 15.5 Å². The fourth-order valence-electron chi connectivity index (χ4n) is 2.68. The summed E-state index contributed by atoms with van der Waals surface area (Å²) in [5.74, 6) is -0.616. The number of amides is 2. The van der Waals surface area contributed by atoms with Crippen LogP contribution in [0.5, 0.6) is 0 Å². The van der Waals surface area contributed by atoms with Gasteiger partial charge in [-0.2, -0.15) is 0 Å². The summed E-state index contributed by atoms with van der Waals surface area (Å²) in [4.78, 5) is 26.0. The van der Waals surface area contributed by atoms with Crippen LogP contribution in [0, 0.1) is 11.7 Å². The Morgan fingerprint density at radius 3 is 2.48 bits per heavy atom. The molecule has 0 bridgehead atoms. The maximum absolute atomic E-state index is 12.8. The maximum Gasteiger partial charge on any atom is 0.251 e.